The van der Waals surface area contributed by atoms with E-state index in [2.05, 4.69) is 258 Å². The molecular weight excluding hydrogens is 799 g/mol. The fraction of sp³-hybridized carbons (Fsp3) is 0. The highest BCUT2D eigenvalue weighted by Crippen LogP contribution is 2.40. The zero-order valence-corrected chi connectivity index (χ0v) is 36.0. The van der Waals surface area contributed by atoms with Crippen LogP contribution in [0.15, 0.2) is 249 Å². The zero-order valence-electron chi connectivity index (χ0n) is 36.0. The van der Waals surface area contributed by atoms with Gasteiger partial charge in [-0.1, -0.05) is 182 Å². The Labute approximate surface area is 382 Å². The summed E-state index contributed by atoms with van der Waals surface area (Å²) in [6.45, 7) is 0. The molecule has 0 saturated heterocycles. The van der Waals surface area contributed by atoms with E-state index in [4.69, 9.17) is 4.98 Å². The second-order valence-corrected chi connectivity index (χ2v) is 17.2. The van der Waals surface area contributed by atoms with Crippen LogP contribution in [0.5, 0.6) is 0 Å². The largest absolute Gasteiger partial charge is 0.309 e. The Morgan fingerprint density at radius 1 is 0.242 bits per heavy atom. The highest BCUT2D eigenvalue weighted by molar-refractivity contribution is 6.12. The molecule has 13 rings (SSSR count). The van der Waals surface area contributed by atoms with E-state index in [-0.39, 0.29) is 0 Å². The summed E-state index contributed by atoms with van der Waals surface area (Å²) in [7, 11) is 0. The predicted molar refractivity (Wildman–Crippen MR) is 278 cm³/mol. The molecule has 0 atom stereocenters. The zero-order chi connectivity index (χ0) is 43.6. The molecule has 0 radical (unpaired) electrons. The average molecular weight is 840 g/mol. The summed E-state index contributed by atoms with van der Waals surface area (Å²) in [6.07, 6.45) is 0. The first-order valence-electron chi connectivity index (χ1n) is 22.6. The third-order valence-corrected chi connectivity index (χ3v) is 13.3. The van der Waals surface area contributed by atoms with E-state index < -0.39 is 0 Å². The Kier molecular flexibility index (Phi) is 8.85. The lowest BCUT2D eigenvalue weighted by molar-refractivity contribution is 1.18. The number of hydrogen-bond acceptors (Lipinski definition) is 1. The Hall–Kier alpha value is -8.79. The van der Waals surface area contributed by atoms with Crippen molar-refractivity contribution in [1.82, 2.24) is 14.1 Å². The van der Waals surface area contributed by atoms with E-state index in [0.29, 0.717) is 0 Å². The lowest BCUT2D eigenvalue weighted by atomic mass is 9.98. The SMILES string of the molecule is c1ccc(-c2cc(-c3ccccc3)nc(-c3cccc(-n4c5ccccc5c5cc(-c6ccc7c8ccccc8n(-c8ccc(-c9cccc%10ccccc9%10)cc8)c7c6)ccc54)c3)c2)cc1. The third-order valence-electron chi connectivity index (χ3n) is 13.3. The van der Waals surface area contributed by atoms with Gasteiger partial charge >= 0.3 is 0 Å². The summed E-state index contributed by atoms with van der Waals surface area (Å²) in [6, 6.07) is 90.0. The first-order valence-corrected chi connectivity index (χ1v) is 22.6. The van der Waals surface area contributed by atoms with Gasteiger partial charge in [0, 0.05) is 44.0 Å². The smallest absolute Gasteiger partial charge is 0.0716 e. The Morgan fingerprint density at radius 3 is 1.55 bits per heavy atom. The maximum absolute atomic E-state index is 5.27. The predicted octanol–water partition coefficient (Wildman–Crippen LogP) is 16.8. The van der Waals surface area contributed by atoms with Crippen molar-refractivity contribution in [2.24, 2.45) is 0 Å². The normalized spacial score (nSPS) is 11.6. The van der Waals surface area contributed by atoms with Crippen LogP contribution in [0.25, 0.3) is 122 Å². The molecule has 3 heteroatoms. The number of hydrogen-bond donors (Lipinski definition) is 0. The van der Waals surface area contributed by atoms with Gasteiger partial charge in [0.05, 0.1) is 33.5 Å². The van der Waals surface area contributed by atoms with Crippen molar-refractivity contribution in [1.29, 1.82) is 0 Å². The van der Waals surface area contributed by atoms with Crippen molar-refractivity contribution in [3.8, 4) is 67.3 Å². The molecule has 0 unspecified atom stereocenters. The Morgan fingerprint density at radius 2 is 0.773 bits per heavy atom. The maximum atomic E-state index is 5.27. The Bertz CT molecular complexity index is 3910. The fourth-order valence-corrected chi connectivity index (χ4v) is 10.2. The van der Waals surface area contributed by atoms with Gasteiger partial charge in [-0.05, 0) is 111 Å². The van der Waals surface area contributed by atoms with Crippen molar-refractivity contribution < 1.29 is 0 Å². The lowest BCUT2D eigenvalue weighted by Crippen LogP contribution is -1.96. The maximum Gasteiger partial charge on any atom is 0.0716 e. The highest BCUT2D eigenvalue weighted by atomic mass is 15.0. The van der Waals surface area contributed by atoms with Crippen LogP contribution in [0.3, 0.4) is 0 Å². The molecule has 0 fully saturated rings. The monoisotopic (exact) mass is 839 g/mol. The molecule has 0 saturated carbocycles. The molecule has 3 aromatic heterocycles. The van der Waals surface area contributed by atoms with Gasteiger partial charge in [0.2, 0.25) is 0 Å². The number of fused-ring (bicyclic) bond motifs is 7. The molecule has 0 aliphatic carbocycles. The van der Waals surface area contributed by atoms with Crippen LogP contribution in [-0.2, 0) is 0 Å². The second-order valence-electron chi connectivity index (χ2n) is 17.2. The topological polar surface area (TPSA) is 22.8 Å². The van der Waals surface area contributed by atoms with Crippen LogP contribution in [0.1, 0.15) is 0 Å². The molecule has 0 aliphatic rings. The van der Waals surface area contributed by atoms with Crippen LogP contribution in [-0.4, -0.2) is 14.1 Å². The van der Waals surface area contributed by atoms with E-state index in [1.165, 1.54) is 76.7 Å². The second kappa shape index (κ2) is 15.5. The summed E-state index contributed by atoms with van der Waals surface area (Å²) in [5, 5.41) is 7.44. The minimum atomic E-state index is 0.939. The average Bonchev–Trinajstić information content (AvgIpc) is 3.91. The first-order chi connectivity index (χ1) is 32.7. The molecule has 0 N–H and O–H groups in total. The molecule has 0 bridgehead atoms. The van der Waals surface area contributed by atoms with Gasteiger partial charge < -0.3 is 9.13 Å². The quantitative estimate of drug-likeness (QED) is 0.157. The summed E-state index contributed by atoms with van der Waals surface area (Å²) < 4.78 is 4.83. The minimum Gasteiger partial charge on any atom is -0.309 e. The van der Waals surface area contributed by atoms with Crippen LogP contribution in [0.4, 0.5) is 0 Å². The van der Waals surface area contributed by atoms with Crippen molar-refractivity contribution in [2.45, 2.75) is 0 Å². The standard InChI is InChI=1S/C63H41N3/c1-3-15-42(16-4-1)49-39-58(45-18-5-2-6-19-45)64-59(40-49)48-21-13-22-51(37-48)66-61-28-12-10-25-55(61)57-38-46(32-36-62(57)66)47-31-35-56-54-24-9-11-27-60(54)65(63(56)41-47)50-33-29-44(30-34-50)53-26-14-20-43-17-7-8-23-52(43)53/h1-41H. The van der Waals surface area contributed by atoms with Gasteiger partial charge in [0.25, 0.3) is 0 Å². The highest BCUT2D eigenvalue weighted by Gasteiger charge is 2.18. The molecule has 0 spiro atoms. The summed E-state index contributed by atoms with van der Waals surface area (Å²) in [5.41, 5.74) is 18.1. The van der Waals surface area contributed by atoms with E-state index in [9.17, 15) is 0 Å². The van der Waals surface area contributed by atoms with E-state index >= 15 is 0 Å². The summed E-state index contributed by atoms with van der Waals surface area (Å²) in [5.74, 6) is 0. The van der Waals surface area contributed by atoms with Crippen LogP contribution in [0, 0.1) is 0 Å². The number of rotatable bonds is 7. The van der Waals surface area contributed by atoms with Gasteiger partial charge in [-0.15, -0.1) is 0 Å². The number of para-hydroxylation sites is 2. The van der Waals surface area contributed by atoms with Gasteiger partial charge in [0.1, 0.15) is 0 Å². The molecular formula is C63H41N3. The van der Waals surface area contributed by atoms with Gasteiger partial charge in [-0.3, -0.25) is 0 Å². The molecule has 3 heterocycles. The van der Waals surface area contributed by atoms with Crippen LogP contribution >= 0.6 is 0 Å². The fourth-order valence-electron chi connectivity index (χ4n) is 10.2. The van der Waals surface area contributed by atoms with E-state index in [1.54, 1.807) is 0 Å². The van der Waals surface area contributed by atoms with Gasteiger partial charge in [0.15, 0.2) is 0 Å². The van der Waals surface area contributed by atoms with Gasteiger partial charge in [-0.25, -0.2) is 4.98 Å². The molecule has 308 valence electrons. The molecule has 66 heavy (non-hydrogen) atoms. The third kappa shape index (κ3) is 6.32. The molecule has 0 aliphatic heterocycles. The summed E-state index contributed by atoms with van der Waals surface area (Å²) >= 11 is 0. The minimum absolute atomic E-state index is 0.939. The van der Waals surface area contributed by atoms with Crippen molar-refractivity contribution in [2.75, 3.05) is 0 Å². The number of benzene rings is 10. The molecule has 13 aromatic rings. The molecule has 0 amide bonds. The molecule has 10 aromatic carbocycles. The Balaban J connectivity index is 0.917. The van der Waals surface area contributed by atoms with E-state index in [1.807, 2.05) is 0 Å². The van der Waals surface area contributed by atoms with Crippen molar-refractivity contribution in [3.05, 3.63) is 249 Å². The first kappa shape index (κ1) is 37.7. The van der Waals surface area contributed by atoms with Crippen molar-refractivity contribution in [3.63, 3.8) is 0 Å². The summed E-state index contributed by atoms with van der Waals surface area (Å²) in [4.78, 5) is 5.27. The number of nitrogens with zero attached hydrogens (tertiary/aromatic N) is 3. The van der Waals surface area contributed by atoms with Crippen molar-refractivity contribution >= 4 is 54.4 Å². The lowest BCUT2D eigenvalue weighted by Gasteiger charge is -2.13. The van der Waals surface area contributed by atoms with Gasteiger partial charge in [-0.2, -0.15) is 0 Å². The molecule has 3 nitrogen and oxygen atoms in total. The number of pyridine rings is 1. The number of aromatic nitrogens is 3. The van der Waals surface area contributed by atoms with Crippen LogP contribution < -0.4 is 0 Å². The van der Waals surface area contributed by atoms with E-state index in [0.717, 1.165) is 45.0 Å². The van der Waals surface area contributed by atoms with Crippen LogP contribution in [0.2, 0.25) is 0 Å².